The number of aromatic nitrogens is 2. The molecule has 1 heterocycles. The first kappa shape index (κ1) is 17.0. The van der Waals surface area contributed by atoms with Crippen molar-refractivity contribution in [1.82, 2.24) is 14.7 Å². The van der Waals surface area contributed by atoms with E-state index in [1.165, 1.54) is 37.8 Å². The van der Waals surface area contributed by atoms with E-state index in [2.05, 4.69) is 51.6 Å². The highest BCUT2D eigenvalue weighted by molar-refractivity contribution is 9.10. The summed E-state index contributed by atoms with van der Waals surface area (Å²) >= 11 is 3.64. The molecule has 120 valence electrons. The highest BCUT2D eigenvalue weighted by Crippen LogP contribution is 2.38. The molecule has 1 aromatic rings. The second-order valence-electron chi connectivity index (χ2n) is 6.62. The Hall–Kier alpha value is -0.390. The van der Waals surface area contributed by atoms with Crippen LogP contribution >= 0.6 is 15.9 Å². The quantitative estimate of drug-likeness (QED) is 0.849. The van der Waals surface area contributed by atoms with Gasteiger partial charge in [0.05, 0.1) is 29.0 Å². The monoisotopic (exact) mass is 356 g/mol. The molecule has 2 N–H and O–H groups in total. The van der Waals surface area contributed by atoms with Gasteiger partial charge in [-0.1, -0.05) is 26.2 Å². The van der Waals surface area contributed by atoms with E-state index < -0.39 is 0 Å². The van der Waals surface area contributed by atoms with Gasteiger partial charge in [-0.25, -0.2) is 0 Å². The van der Waals surface area contributed by atoms with Crippen molar-refractivity contribution in [2.24, 2.45) is 17.6 Å². The van der Waals surface area contributed by atoms with Crippen LogP contribution in [-0.4, -0.2) is 35.3 Å². The SMILES string of the molecule is CCC1CCC(C(N)c2c(Br)cnn2CCN(C)C)CC1. The van der Waals surface area contributed by atoms with Crippen molar-refractivity contribution in [3.05, 3.63) is 16.4 Å². The third-order valence-electron chi connectivity index (χ3n) is 4.88. The molecular formula is C16H29BrN4. The molecule has 4 nitrogen and oxygen atoms in total. The van der Waals surface area contributed by atoms with E-state index in [4.69, 9.17) is 5.73 Å². The fourth-order valence-corrected chi connectivity index (χ4v) is 3.92. The molecule has 0 amide bonds. The molecule has 1 aromatic heterocycles. The number of nitrogens with zero attached hydrogens (tertiary/aromatic N) is 3. The van der Waals surface area contributed by atoms with Crippen LogP contribution in [0.15, 0.2) is 10.7 Å². The molecule has 2 rings (SSSR count). The van der Waals surface area contributed by atoms with E-state index in [0.717, 1.165) is 23.5 Å². The van der Waals surface area contributed by atoms with Gasteiger partial charge < -0.3 is 10.6 Å². The second kappa shape index (κ2) is 7.75. The Kier molecular flexibility index (Phi) is 6.26. The van der Waals surface area contributed by atoms with Gasteiger partial charge in [-0.2, -0.15) is 5.10 Å². The topological polar surface area (TPSA) is 47.1 Å². The highest BCUT2D eigenvalue weighted by Gasteiger charge is 2.29. The fraction of sp³-hybridized carbons (Fsp3) is 0.812. The molecule has 5 heteroatoms. The summed E-state index contributed by atoms with van der Waals surface area (Å²) in [6.07, 6.45) is 8.38. The molecule has 0 aliphatic heterocycles. The Morgan fingerprint density at radius 1 is 1.38 bits per heavy atom. The average molecular weight is 357 g/mol. The van der Waals surface area contributed by atoms with E-state index in [1.807, 2.05) is 6.20 Å². The van der Waals surface area contributed by atoms with E-state index in [-0.39, 0.29) is 6.04 Å². The van der Waals surface area contributed by atoms with Crippen LogP contribution in [0.5, 0.6) is 0 Å². The zero-order valence-corrected chi connectivity index (χ0v) is 15.1. The van der Waals surface area contributed by atoms with E-state index in [9.17, 15) is 0 Å². The number of hydrogen-bond donors (Lipinski definition) is 1. The van der Waals surface area contributed by atoms with Crippen LogP contribution in [0.4, 0.5) is 0 Å². The van der Waals surface area contributed by atoms with Crippen molar-refractivity contribution >= 4 is 15.9 Å². The molecule has 0 saturated heterocycles. The Balaban J connectivity index is 2.04. The van der Waals surface area contributed by atoms with Crippen LogP contribution < -0.4 is 5.73 Å². The van der Waals surface area contributed by atoms with Gasteiger partial charge >= 0.3 is 0 Å². The van der Waals surface area contributed by atoms with Gasteiger partial charge in [-0.05, 0) is 54.7 Å². The molecule has 1 saturated carbocycles. The zero-order chi connectivity index (χ0) is 15.4. The third kappa shape index (κ3) is 4.30. The lowest BCUT2D eigenvalue weighted by Crippen LogP contribution is -2.29. The number of rotatable bonds is 6. The molecule has 1 atom stereocenters. The van der Waals surface area contributed by atoms with Gasteiger partial charge in [0.2, 0.25) is 0 Å². The summed E-state index contributed by atoms with van der Waals surface area (Å²) in [7, 11) is 4.17. The molecule has 0 radical (unpaired) electrons. The van der Waals surface area contributed by atoms with Crippen molar-refractivity contribution < 1.29 is 0 Å². The second-order valence-corrected chi connectivity index (χ2v) is 7.47. The summed E-state index contributed by atoms with van der Waals surface area (Å²) in [5, 5.41) is 4.50. The van der Waals surface area contributed by atoms with Gasteiger partial charge in [0.25, 0.3) is 0 Å². The summed E-state index contributed by atoms with van der Waals surface area (Å²) in [5.74, 6) is 1.51. The lowest BCUT2D eigenvalue weighted by molar-refractivity contribution is 0.233. The fourth-order valence-electron chi connectivity index (χ4n) is 3.36. The molecule has 0 bridgehead atoms. The lowest BCUT2D eigenvalue weighted by atomic mass is 9.77. The molecule has 1 aliphatic rings. The normalized spacial score (nSPS) is 24.5. The Morgan fingerprint density at radius 3 is 2.62 bits per heavy atom. The number of hydrogen-bond acceptors (Lipinski definition) is 3. The molecule has 1 fully saturated rings. The summed E-state index contributed by atoms with van der Waals surface area (Å²) < 4.78 is 3.15. The van der Waals surface area contributed by atoms with Gasteiger partial charge in [0.1, 0.15) is 0 Å². The predicted molar refractivity (Wildman–Crippen MR) is 91.1 cm³/mol. The minimum absolute atomic E-state index is 0.0989. The van der Waals surface area contributed by atoms with Crippen LogP contribution in [-0.2, 0) is 6.54 Å². The van der Waals surface area contributed by atoms with Crippen molar-refractivity contribution in [2.45, 2.75) is 51.6 Å². The summed E-state index contributed by atoms with van der Waals surface area (Å²) in [6, 6.07) is 0.0989. The van der Waals surface area contributed by atoms with Crippen molar-refractivity contribution in [3.63, 3.8) is 0 Å². The minimum atomic E-state index is 0.0989. The minimum Gasteiger partial charge on any atom is -0.322 e. The lowest BCUT2D eigenvalue weighted by Gasteiger charge is -2.32. The average Bonchev–Trinajstić information content (AvgIpc) is 2.85. The standard InChI is InChI=1S/C16H29BrN4/c1-4-12-5-7-13(8-6-12)15(18)16-14(17)11-19-21(16)10-9-20(2)3/h11-13,15H,4-10,18H2,1-3H3. The summed E-state index contributed by atoms with van der Waals surface area (Å²) in [6.45, 7) is 4.18. The largest absolute Gasteiger partial charge is 0.322 e. The molecular weight excluding hydrogens is 328 g/mol. The van der Waals surface area contributed by atoms with Crippen LogP contribution in [0.25, 0.3) is 0 Å². The first-order valence-electron chi connectivity index (χ1n) is 8.14. The molecule has 1 aliphatic carbocycles. The Labute approximate surface area is 137 Å². The zero-order valence-electron chi connectivity index (χ0n) is 13.6. The number of halogens is 1. The van der Waals surface area contributed by atoms with E-state index in [1.54, 1.807) is 0 Å². The molecule has 1 unspecified atom stereocenters. The first-order chi connectivity index (χ1) is 10.0. The van der Waals surface area contributed by atoms with E-state index in [0.29, 0.717) is 5.92 Å². The maximum absolute atomic E-state index is 6.60. The van der Waals surface area contributed by atoms with Crippen molar-refractivity contribution in [3.8, 4) is 0 Å². The van der Waals surface area contributed by atoms with Crippen LogP contribution in [0.3, 0.4) is 0 Å². The van der Waals surface area contributed by atoms with E-state index >= 15 is 0 Å². The van der Waals surface area contributed by atoms with Crippen molar-refractivity contribution in [2.75, 3.05) is 20.6 Å². The van der Waals surface area contributed by atoms with Crippen LogP contribution in [0.1, 0.15) is 50.8 Å². The van der Waals surface area contributed by atoms with Crippen molar-refractivity contribution in [1.29, 1.82) is 0 Å². The summed E-state index contributed by atoms with van der Waals surface area (Å²) in [5.41, 5.74) is 7.78. The number of nitrogens with two attached hydrogens (primary N) is 1. The molecule has 21 heavy (non-hydrogen) atoms. The molecule has 0 aromatic carbocycles. The molecule has 0 spiro atoms. The summed E-state index contributed by atoms with van der Waals surface area (Å²) in [4.78, 5) is 2.18. The highest BCUT2D eigenvalue weighted by atomic mass is 79.9. The van der Waals surface area contributed by atoms with Crippen LogP contribution in [0, 0.1) is 11.8 Å². The Morgan fingerprint density at radius 2 is 2.05 bits per heavy atom. The van der Waals surface area contributed by atoms with Gasteiger partial charge in [0, 0.05) is 6.54 Å². The maximum atomic E-state index is 6.60. The van der Waals surface area contributed by atoms with Crippen LogP contribution in [0.2, 0.25) is 0 Å². The maximum Gasteiger partial charge on any atom is 0.0696 e. The first-order valence-corrected chi connectivity index (χ1v) is 8.93. The smallest absolute Gasteiger partial charge is 0.0696 e. The Bertz CT molecular complexity index is 435. The number of likely N-dealkylation sites (N-methyl/N-ethyl adjacent to an activating group) is 1. The van der Waals surface area contributed by atoms with Gasteiger partial charge in [0.15, 0.2) is 0 Å². The third-order valence-corrected chi connectivity index (χ3v) is 5.50. The predicted octanol–water partition coefficient (Wildman–Crippen LogP) is 3.42. The van der Waals surface area contributed by atoms with Gasteiger partial charge in [-0.15, -0.1) is 0 Å². The van der Waals surface area contributed by atoms with Gasteiger partial charge in [-0.3, -0.25) is 4.68 Å².